The number of benzene rings is 1. The molecular formula is C25H34N4O2. The quantitative estimate of drug-likeness (QED) is 0.727. The van der Waals surface area contributed by atoms with Gasteiger partial charge in [0.1, 0.15) is 11.4 Å². The van der Waals surface area contributed by atoms with Crippen molar-refractivity contribution in [2.75, 3.05) is 37.6 Å². The minimum absolute atomic E-state index is 0.227. The van der Waals surface area contributed by atoms with E-state index in [-0.39, 0.29) is 6.09 Å². The molecule has 1 aromatic carbocycles. The Hall–Kier alpha value is -2.60. The minimum atomic E-state index is -0.458. The molecule has 0 bridgehead atoms. The van der Waals surface area contributed by atoms with E-state index in [1.165, 1.54) is 24.0 Å². The molecule has 2 fully saturated rings. The van der Waals surface area contributed by atoms with E-state index in [0.29, 0.717) is 19.1 Å². The van der Waals surface area contributed by atoms with Crippen molar-refractivity contribution in [1.82, 2.24) is 14.8 Å². The van der Waals surface area contributed by atoms with Crippen LogP contribution in [0.3, 0.4) is 0 Å². The van der Waals surface area contributed by atoms with Crippen molar-refractivity contribution in [3.05, 3.63) is 59.8 Å². The second-order valence-electron chi connectivity index (χ2n) is 9.52. The maximum absolute atomic E-state index is 12.3. The minimum Gasteiger partial charge on any atom is -0.444 e. The van der Waals surface area contributed by atoms with Crippen molar-refractivity contribution in [1.29, 1.82) is 0 Å². The molecule has 0 aliphatic carbocycles. The molecule has 166 valence electrons. The van der Waals surface area contributed by atoms with Crippen LogP contribution in [-0.4, -0.2) is 59.2 Å². The topological polar surface area (TPSA) is 48.9 Å². The molecule has 0 saturated carbocycles. The van der Waals surface area contributed by atoms with E-state index in [1.54, 1.807) is 4.90 Å². The zero-order chi connectivity index (χ0) is 21.8. The first-order valence-electron chi connectivity index (χ1n) is 11.4. The second kappa shape index (κ2) is 9.27. The Balaban J connectivity index is 1.34. The standard InChI is InChI=1S/C25H34N4O2/c1-25(2,3)31-24(30)28-16-14-27(15-17-28)23-12-11-21(18-26-23)22-10-7-13-29(22)19-20-8-5-4-6-9-20/h4-6,8-9,11-12,18,22H,7,10,13-17,19H2,1-3H3/t22-/m1/s1. The molecule has 0 unspecified atom stereocenters. The van der Waals surface area contributed by atoms with E-state index in [9.17, 15) is 4.79 Å². The number of pyridine rings is 1. The number of hydrogen-bond acceptors (Lipinski definition) is 5. The first-order valence-corrected chi connectivity index (χ1v) is 11.4. The average molecular weight is 423 g/mol. The molecule has 6 heteroatoms. The van der Waals surface area contributed by atoms with Crippen molar-refractivity contribution < 1.29 is 9.53 Å². The lowest BCUT2D eigenvalue weighted by molar-refractivity contribution is 0.0240. The number of anilines is 1. The molecule has 1 atom stereocenters. The van der Waals surface area contributed by atoms with E-state index in [4.69, 9.17) is 9.72 Å². The lowest BCUT2D eigenvalue weighted by atomic mass is 10.1. The Kier molecular flexibility index (Phi) is 6.46. The number of carbonyl (C=O) groups excluding carboxylic acids is 1. The van der Waals surface area contributed by atoms with Crippen molar-refractivity contribution in [3.63, 3.8) is 0 Å². The third-order valence-electron chi connectivity index (χ3n) is 6.00. The van der Waals surface area contributed by atoms with Gasteiger partial charge in [0.05, 0.1) is 0 Å². The Morgan fingerprint density at radius 1 is 1.03 bits per heavy atom. The molecule has 2 aromatic rings. The highest BCUT2D eigenvalue weighted by Crippen LogP contribution is 2.33. The van der Waals surface area contributed by atoms with Gasteiger partial charge in [-0.25, -0.2) is 9.78 Å². The van der Waals surface area contributed by atoms with Crippen LogP contribution in [0, 0.1) is 0 Å². The molecule has 3 heterocycles. The molecular weight excluding hydrogens is 388 g/mol. The summed E-state index contributed by atoms with van der Waals surface area (Å²) in [4.78, 5) is 23.7. The van der Waals surface area contributed by atoms with Crippen molar-refractivity contribution in [2.45, 2.75) is 51.8 Å². The molecule has 4 rings (SSSR count). The molecule has 31 heavy (non-hydrogen) atoms. The summed E-state index contributed by atoms with van der Waals surface area (Å²) < 4.78 is 5.49. The highest BCUT2D eigenvalue weighted by molar-refractivity contribution is 5.68. The number of rotatable bonds is 4. The van der Waals surface area contributed by atoms with Gasteiger partial charge in [-0.05, 0) is 57.4 Å². The molecule has 0 N–H and O–H groups in total. The fourth-order valence-electron chi connectivity index (χ4n) is 4.44. The smallest absolute Gasteiger partial charge is 0.410 e. The lowest BCUT2D eigenvalue weighted by Crippen LogP contribution is -2.50. The van der Waals surface area contributed by atoms with Gasteiger partial charge in [-0.2, -0.15) is 0 Å². The summed E-state index contributed by atoms with van der Waals surface area (Å²) in [5.41, 5.74) is 2.20. The summed E-state index contributed by atoms with van der Waals surface area (Å²) in [5.74, 6) is 0.986. The van der Waals surface area contributed by atoms with Gasteiger partial charge in [-0.15, -0.1) is 0 Å². The third-order valence-corrected chi connectivity index (χ3v) is 6.00. The van der Waals surface area contributed by atoms with Gasteiger partial charge >= 0.3 is 6.09 Å². The zero-order valence-corrected chi connectivity index (χ0v) is 19.0. The first kappa shape index (κ1) is 21.6. The van der Waals surface area contributed by atoms with Crippen LogP contribution in [0.15, 0.2) is 48.7 Å². The predicted octanol–water partition coefficient (Wildman–Crippen LogP) is 4.48. The van der Waals surface area contributed by atoms with Gasteiger partial charge in [-0.1, -0.05) is 36.4 Å². The molecule has 2 aliphatic heterocycles. The Morgan fingerprint density at radius 2 is 1.77 bits per heavy atom. The normalized spacial score (nSPS) is 20.2. The van der Waals surface area contributed by atoms with Crippen LogP contribution in [0.25, 0.3) is 0 Å². The first-order chi connectivity index (χ1) is 14.9. The van der Waals surface area contributed by atoms with E-state index >= 15 is 0 Å². The van der Waals surface area contributed by atoms with Gasteiger partial charge < -0.3 is 14.5 Å². The number of ether oxygens (including phenoxy) is 1. The fraction of sp³-hybridized carbons (Fsp3) is 0.520. The SMILES string of the molecule is CC(C)(C)OC(=O)N1CCN(c2ccc([C@H]3CCCN3Cc3ccccc3)cn2)CC1. The largest absolute Gasteiger partial charge is 0.444 e. The maximum atomic E-state index is 12.3. The van der Waals surface area contributed by atoms with E-state index in [1.807, 2.05) is 27.0 Å². The third kappa shape index (κ3) is 5.56. The van der Waals surface area contributed by atoms with Crippen LogP contribution < -0.4 is 4.90 Å². The highest BCUT2D eigenvalue weighted by Gasteiger charge is 2.28. The van der Waals surface area contributed by atoms with Gasteiger partial charge in [0.25, 0.3) is 0 Å². The predicted molar refractivity (Wildman–Crippen MR) is 123 cm³/mol. The number of amides is 1. The van der Waals surface area contributed by atoms with E-state index in [2.05, 4.69) is 52.3 Å². The molecule has 2 aliphatic rings. The molecule has 0 spiro atoms. The molecule has 1 amide bonds. The number of hydrogen-bond donors (Lipinski definition) is 0. The van der Waals surface area contributed by atoms with Crippen LogP contribution in [0.1, 0.15) is 50.8 Å². The molecule has 6 nitrogen and oxygen atoms in total. The van der Waals surface area contributed by atoms with Gasteiger partial charge in [0.15, 0.2) is 0 Å². The fourth-order valence-corrected chi connectivity index (χ4v) is 4.44. The summed E-state index contributed by atoms with van der Waals surface area (Å²) in [6.45, 7) is 10.7. The van der Waals surface area contributed by atoms with Gasteiger partial charge in [-0.3, -0.25) is 4.90 Å². The summed E-state index contributed by atoms with van der Waals surface area (Å²) in [7, 11) is 0. The van der Waals surface area contributed by atoms with Crippen LogP contribution in [0.2, 0.25) is 0 Å². The van der Waals surface area contributed by atoms with Crippen LogP contribution in [-0.2, 0) is 11.3 Å². The van der Waals surface area contributed by atoms with Crippen molar-refractivity contribution in [2.24, 2.45) is 0 Å². The van der Waals surface area contributed by atoms with Crippen LogP contribution in [0.5, 0.6) is 0 Å². The number of likely N-dealkylation sites (tertiary alicyclic amines) is 1. The second-order valence-corrected chi connectivity index (χ2v) is 9.52. The summed E-state index contributed by atoms with van der Waals surface area (Å²) >= 11 is 0. The van der Waals surface area contributed by atoms with Crippen LogP contribution in [0.4, 0.5) is 10.6 Å². The lowest BCUT2D eigenvalue weighted by Gasteiger charge is -2.36. The summed E-state index contributed by atoms with van der Waals surface area (Å²) in [5, 5.41) is 0. The van der Waals surface area contributed by atoms with Gasteiger partial charge in [0, 0.05) is 45.0 Å². The number of piperazine rings is 1. The van der Waals surface area contributed by atoms with Gasteiger partial charge in [0.2, 0.25) is 0 Å². The van der Waals surface area contributed by atoms with E-state index in [0.717, 1.165) is 32.0 Å². The van der Waals surface area contributed by atoms with E-state index < -0.39 is 5.60 Å². The Morgan fingerprint density at radius 3 is 2.42 bits per heavy atom. The summed E-state index contributed by atoms with van der Waals surface area (Å²) in [6, 6.07) is 15.5. The zero-order valence-electron chi connectivity index (χ0n) is 19.0. The Bertz CT molecular complexity index is 855. The number of aromatic nitrogens is 1. The maximum Gasteiger partial charge on any atom is 0.410 e. The van der Waals surface area contributed by atoms with Crippen molar-refractivity contribution >= 4 is 11.9 Å². The van der Waals surface area contributed by atoms with Crippen LogP contribution >= 0.6 is 0 Å². The Labute approximate surface area is 185 Å². The molecule has 1 aromatic heterocycles. The number of nitrogens with zero attached hydrogens (tertiary/aromatic N) is 4. The van der Waals surface area contributed by atoms with Crippen molar-refractivity contribution in [3.8, 4) is 0 Å². The highest BCUT2D eigenvalue weighted by atomic mass is 16.6. The number of carbonyl (C=O) groups is 1. The monoisotopic (exact) mass is 422 g/mol. The summed E-state index contributed by atoms with van der Waals surface area (Å²) in [6.07, 6.45) is 4.23. The molecule has 2 saturated heterocycles. The molecule has 0 radical (unpaired) electrons. The average Bonchev–Trinajstić information content (AvgIpc) is 3.21.